The summed E-state index contributed by atoms with van der Waals surface area (Å²) in [5.74, 6) is 0. The van der Waals surface area contributed by atoms with Crippen molar-refractivity contribution < 1.29 is 25.2 Å². The maximum Gasteiger partial charge on any atom is 0.137 e. The summed E-state index contributed by atoms with van der Waals surface area (Å²) in [5.41, 5.74) is 3.31. The maximum atomic E-state index is 10.1. The molecule has 0 saturated carbocycles. The molecule has 3 aromatic rings. The average Bonchev–Trinajstić information content (AvgIpc) is 3.04. The molecule has 5 atom stereocenters. The normalized spacial score (nSPS) is 22.7. The molecular formula is C35H48N2O5. The fourth-order valence-electron chi connectivity index (χ4n) is 5.97. The Balaban J connectivity index is 1.17. The van der Waals surface area contributed by atoms with E-state index in [1.165, 1.54) is 42.4 Å². The van der Waals surface area contributed by atoms with Gasteiger partial charge in [0.2, 0.25) is 0 Å². The first-order valence-electron chi connectivity index (χ1n) is 15.5. The van der Waals surface area contributed by atoms with Crippen LogP contribution in [-0.2, 0) is 10.3 Å². The van der Waals surface area contributed by atoms with Gasteiger partial charge in [0.25, 0.3) is 0 Å². The van der Waals surface area contributed by atoms with Crippen LogP contribution >= 0.6 is 0 Å². The van der Waals surface area contributed by atoms with Crippen molar-refractivity contribution in [3.05, 3.63) is 108 Å². The molecule has 42 heavy (non-hydrogen) atoms. The molecule has 0 unspecified atom stereocenters. The van der Waals surface area contributed by atoms with E-state index in [-0.39, 0.29) is 0 Å². The molecule has 7 nitrogen and oxygen atoms in total. The number of nitrogens with one attached hydrogen (secondary N) is 2. The van der Waals surface area contributed by atoms with Gasteiger partial charge in [0.05, 0.1) is 12.1 Å². The predicted octanol–water partition coefficient (Wildman–Crippen LogP) is 4.08. The highest BCUT2D eigenvalue weighted by Crippen LogP contribution is 2.36. The highest BCUT2D eigenvalue weighted by Gasteiger charge is 2.43. The van der Waals surface area contributed by atoms with Crippen LogP contribution in [0.3, 0.4) is 0 Å². The second kappa shape index (κ2) is 16.9. The molecule has 0 spiro atoms. The molecule has 7 heteroatoms. The van der Waals surface area contributed by atoms with Gasteiger partial charge in [-0.3, -0.25) is 10.6 Å². The summed E-state index contributed by atoms with van der Waals surface area (Å²) in [6.45, 7) is 1.15. The van der Waals surface area contributed by atoms with Crippen LogP contribution in [0.25, 0.3) is 0 Å². The molecule has 228 valence electrons. The first kappa shape index (κ1) is 32.3. The zero-order valence-corrected chi connectivity index (χ0v) is 24.5. The van der Waals surface area contributed by atoms with Gasteiger partial charge in [-0.1, -0.05) is 130 Å². The molecule has 4 rings (SSSR count). The van der Waals surface area contributed by atoms with Crippen molar-refractivity contribution in [1.82, 2.24) is 10.6 Å². The van der Waals surface area contributed by atoms with E-state index in [2.05, 4.69) is 102 Å². The molecule has 0 aliphatic carbocycles. The number of aliphatic hydroxyl groups excluding tert-OH is 4. The van der Waals surface area contributed by atoms with Crippen LogP contribution < -0.4 is 10.6 Å². The van der Waals surface area contributed by atoms with Gasteiger partial charge < -0.3 is 25.2 Å². The summed E-state index contributed by atoms with van der Waals surface area (Å²) in [4.78, 5) is 0. The van der Waals surface area contributed by atoms with Gasteiger partial charge in [-0.15, -0.1) is 0 Å². The van der Waals surface area contributed by atoms with Gasteiger partial charge in [-0.25, -0.2) is 0 Å². The molecule has 1 saturated heterocycles. The maximum absolute atomic E-state index is 10.1. The van der Waals surface area contributed by atoms with Gasteiger partial charge in [-0.05, 0) is 42.6 Å². The number of ether oxygens (including phenoxy) is 1. The molecule has 1 heterocycles. The van der Waals surface area contributed by atoms with Crippen molar-refractivity contribution in [3.63, 3.8) is 0 Å². The molecular weight excluding hydrogens is 528 g/mol. The third kappa shape index (κ3) is 8.26. The molecule has 1 aliphatic rings. The van der Waals surface area contributed by atoms with Crippen molar-refractivity contribution in [1.29, 1.82) is 0 Å². The zero-order valence-electron chi connectivity index (χ0n) is 24.5. The number of hydrogen-bond acceptors (Lipinski definition) is 7. The van der Waals surface area contributed by atoms with E-state index in [0.717, 1.165) is 32.2 Å². The predicted molar refractivity (Wildman–Crippen MR) is 166 cm³/mol. The second-order valence-electron chi connectivity index (χ2n) is 11.3. The topological polar surface area (TPSA) is 114 Å². The smallest absolute Gasteiger partial charge is 0.137 e. The Morgan fingerprint density at radius 1 is 0.548 bits per heavy atom. The van der Waals surface area contributed by atoms with Gasteiger partial charge >= 0.3 is 0 Å². The quantitative estimate of drug-likeness (QED) is 0.106. The van der Waals surface area contributed by atoms with Crippen LogP contribution in [0.15, 0.2) is 91.0 Å². The lowest BCUT2D eigenvalue weighted by Gasteiger charge is -2.40. The van der Waals surface area contributed by atoms with Crippen LogP contribution in [0.5, 0.6) is 0 Å². The Kier molecular flexibility index (Phi) is 13.0. The molecule has 0 amide bonds. The van der Waals surface area contributed by atoms with Crippen LogP contribution in [0, 0.1) is 0 Å². The lowest BCUT2D eigenvalue weighted by Crippen LogP contribution is -2.62. The van der Waals surface area contributed by atoms with E-state index in [9.17, 15) is 20.4 Å². The third-order valence-electron chi connectivity index (χ3n) is 8.35. The molecule has 3 aromatic carbocycles. The van der Waals surface area contributed by atoms with Crippen LogP contribution in [0.1, 0.15) is 68.1 Å². The monoisotopic (exact) mass is 576 g/mol. The summed E-state index contributed by atoms with van der Waals surface area (Å²) in [6.07, 6.45) is 3.49. The first-order chi connectivity index (χ1) is 20.6. The summed E-state index contributed by atoms with van der Waals surface area (Å²) >= 11 is 0. The molecule has 1 fully saturated rings. The van der Waals surface area contributed by atoms with Crippen LogP contribution in [0.2, 0.25) is 0 Å². The van der Waals surface area contributed by atoms with E-state index in [4.69, 9.17) is 4.74 Å². The average molecular weight is 577 g/mol. The minimum absolute atomic E-state index is 0.409. The molecule has 0 aromatic heterocycles. The van der Waals surface area contributed by atoms with Gasteiger partial charge in [-0.2, -0.15) is 0 Å². The highest BCUT2D eigenvalue weighted by molar-refractivity contribution is 5.49. The van der Waals surface area contributed by atoms with Crippen molar-refractivity contribution in [2.24, 2.45) is 0 Å². The minimum atomic E-state index is -1.34. The molecule has 0 radical (unpaired) electrons. The third-order valence-corrected chi connectivity index (χ3v) is 8.35. The lowest BCUT2D eigenvalue weighted by molar-refractivity contribution is -0.236. The Hall–Kier alpha value is -2.62. The van der Waals surface area contributed by atoms with Gasteiger partial charge in [0.15, 0.2) is 0 Å². The summed E-state index contributed by atoms with van der Waals surface area (Å²) in [7, 11) is 0. The van der Waals surface area contributed by atoms with E-state index in [0.29, 0.717) is 6.54 Å². The van der Waals surface area contributed by atoms with Gasteiger partial charge in [0.1, 0.15) is 30.6 Å². The Morgan fingerprint density at radius 2 is 0.976 bits per heavy atom. The van der Waals surface area contributed by atoms with E-state index < -0.39 is 42.8 Å². The Morgan fingerprint density at radius 3 is 1.43 bits per heavy atom. The van der Waals surface area contributed by atoms with Crippen molar-refractivity contribution >= 4 is 0 Å². The largest absolute Gasteiger partial charge is 0.394 e. The molecule has 1 aliphatic heterocycles. The highest BCUT2D eigenvalue weighted by atomic mass is 16.6. The standard InChI is InChI=1S/C35H48N2O5/c38-26-30-31(39)32(40)33(41)34(42-30)36-24-16-5-3-1-2-4-6-17-25-37-35(27-18-10-7-11-19-27,28-20-12-8-13-21-28)29-22-14-9-15-23-29/h7-15,18-23,30-34,36-41H,1-6,16-17,24-26H2/t30-,31-,32+,33+,34+/m1/s1. The van der Waals surface area contributed by atoms with Crippen LogP contribution in [0.4, 0.5) is 0 Å². The first-order valence-corrected chi connectivity index (χ1v) is 15.5. The van der Waals surface area contributed by atoms with E-state index in [1.54, 1.807) is 0 Å². The Labute approximate surface area is 250 Å². The van der Waals surface area contributed by atoms with E-state index in [1.807, 2.05) is 0 Å². The fraction of sp³-hybridized carbons (Fsp3) is 0.486. The summed E-state index contributed by atoms with van der Waals surface area (Å²) in [6, 6.07) is 32.2. The summed E-state index contributed by atoms with van der Waals surface area (Å²) in [5, 5.41) is 46.3. The lowest BCUT2D eigenvalue weighted by atomic mass is 9.77. The molecule has 0 bridgehead atoms. The summed E-state index contributed by atoms with van der Waals surface area (Å²) < 4.78 is 5.49. The second-order valence-corrected chi connectivity index (χ2v) is 11.3. The van der Waals surface area contributed by atoms with Crippen molar-refractivity contribution in [2.75, 3.05) is 19.7 Å². The number of aliphatic hydroxyl groups is 4. The van der Waals surface area contributed by atoms with Gasteiger partial charge in [0, 0.05) is 0 Å². The number of rotatable bonds is 17. The fourth-order valence-corrected chi connectivity index (χ4v) is 5.97. The minimum Gasteiger partial charge on any atom is -0.394 e. The van der Waals surface area contributed by atoms with Crippen LogP contribution in [-0.4, -0.2) is 70.8 Å². The molecule has 6 N–H and O–H groups in total. The SMILES string of the molecule is OC[C@H]1O[C@H](NCCCCCCCCCCNC(c2ccccc2)(c2ccccc2)c2ccccc2)[C@@H](O)[C@@H](O)[C@@H]1O. The number of unbranched alkanes of at least 4 members (excludes halogenated alkanes) is 7. The number of hydrogen-bond donors (Lipinski definition) is 6. The van der Waals surface area contributed by atoms with Crippen molar-refractivity contribution in [2.45, 2.75) is 87.5 Å². The Bertz CT molecular complexity index is 1040. The van der Waals surface area contributed by atoms with E-state index >= 15 is 0 Å². The number of benzene rings is 3. The zero-order chi connectivity index (χ0) is 29.6. The van der Waals surface area contributed by atoms with Crippen molar-refractivity contribution in [3.8, 4) is 0 Å².